The van der Waals surface area contributed by atoms with E-state index in [1.807, 2.05) is 24.0 Å². The first kappa shape index (κ1) is 18.0. The van der Waals surface area contributed by atoms with E-state index in [2.05, 4.69) is 4.90 Å². The molecule has 5 heteroatoms. The van der Waals surface area contributed by atoms with Gasteiger partial charge in [0, 0.05) is 37.8 Å². The molecule has 1 N–H and O–H groups in total. The summed E-state index contributed by atoms with van der Waals surface area (Å²) in [6, 6.07) is 12.0. The maximum atomic E-state index is 13.1. The smallest absolute Gasteiger partial charge is 0.254 e. The van der Waals surface area contributed by atoms with Crippen LogP contribution in [0.15, 0.2) is 42.5 Å². The number of nitrogens with zero attached hydrogens (tertiary/aromatic N) is 2. The Balaban J connectivity index is 1.49. The second-order valence-electron chi connectivity index (χ2n) is 7.88. The van der Waals surface area contributed by atoms with Crippen LogP contribution in [0, 0.1) is 18.7 Å². The molecule has 2 bridgehead atoms. The van der Waals surface area contributed by atoms with Crippen LogP contribution in [0.2, 0.25) is 0 Å². The molecule has 3 fully saturated rings. The van der Waals surface area contributed by atoms with E-state index in [0.717, 1.165) is 50.1 Å². The first-order chi connectivity index (χ1) is 13.0. The second kappa shape index (κ2) is 7.31. The van der Waals surface area contributed by atoms with E-state index in [9.17, 15) is 14.3 Å². The lowest BCUT2D eigenvalue weighted by molar-refractivity contribution is 0.0584. The van der Waals surface area contributed by atoms with Crippen molar-refractivity contribution in [3.63, 3.8) is 0 Å². The number of aromatic hydroxyl groups is 1. The fourth-order valence-electron chi connectivity index (χ4n) is 4.31. The zero-order chi connectivity index (χ0) is 19.0. The fraction of sp³-hybridized carbons (Fsp3) is 0.409. The number of rotatable bonds is 3. The molecular weight excluding hydrogens is 343 g/mol. The molecule has 4 nitrogen and oxygen atoms in total. The molecule has 0 aliphatic carbocycles. The number of phenols is 1. The highest BCUT2D eigenvalue weighted by Crippen LogP contribution is 2.30. The summed E-state index contributed by atoms with van der Waals surface area (Å²) >= 11 is 0. The molecule has 0 aromatic heterocycles. The Kier molecular flexibility index (Phi) is 4.87. The van der Waals surface area contributed by atoms with Gasteiger partial charge in [-0.3, -0.25) is 9.69 Å². The van der Waals surface area contributed by atoms with Crippen molar-refractivity contribution in [1.82, 2.24) is 9.80 Å². The maximum Gasteiger partial charge on any atom is 0.254 e. The lowest BCUT2D eigenvalue weighted by Crippen LogP contribution is -2.47. The van der Waals surface area contributed by atoms with E-state index in [1.54, 1.807) is 18.2 Å². The number of hydrogen-bond donors (Lipinski definition) is 1. The minimum atomic E-state index is -0.215. The summed E-state index contributed by atoms with van der Waals surface area (Å²) < 4.78 is 13.1. The number of amides is 1. The van der Waals surface area contributed by atoms with Gasteiger partial charge < -0.3 is 10.0 Å². The predicted molar refractivity (Wildman–Crippen MR) is 102 cm³/mol. The average molecular weight is 368 g/mol. The molecule has 0 spiro atoms. The van der Waals surface area contributed by atoms with Crippen LogP contribution in [-0.4, -0.2) is 46.5 Å². The van der Waals surface area contributed by atoms with Gasteiger partial charge in [0.25, 0.3) is 5.91 Å². The first-order valence-electron chi connectivity index (χ1n) is 9.57. The van der Waals surface area contributed by atoms with Crippen LogP contribution in [0.3, 0.4) is 0 Å². The van der Waals surface area contributed by atoms with E-state index in [0.29, 0.717) is 11.5 Å². The summed E-state index contributed by atoms with van der Waals surface area (Å²) in [6.07, 6.45) is 2.14. The third-order valence-electron chi connectivity index (χ3n) is 5.83. The molecule has 1 amide bonds. The summed E-state index contributed by atoms with van der Waals surface area (Å²) in [6.45, 7) is 5.15. The SMILES string of the molecule is Cc1ccc(C(=O)N2C[C@H]3CC[C@@H]2CN(Cc2ccc(F)cc2)C3)cc1O. The van der Waals surface area contributed by atoms with E-state index in [-0.39, 0.29) is 23.5 Å². The molecule has 5 rings (SSSR count). The van der Waals surface area contributed by atoms with Crippen LogP contribution < -0.4 is 0 Å². The molecule has 3 saturated heterocycles. The minimum absolute atomic E-state index is 0.00336. The fourth-order valence-corrected chi connectivity index (χ4v) is 4.31. The molecule has 2 aromatic rings. The van der Waals surface area contributed by atoms with Gasteiger partial charge >= 0.3 is 0 Å². The maximum absolute atomic E-state index is 13.1. The summed E-state index contributed by atoms with van der Waals surface area (Å²) in [4.78, 5) is 17.4. The van der Waals surface area contributed by atoms with Gasteiger partial charge in [-0.25, -0.2) is 4.39 Å². The minimum Gasteiger partial charge on any atom is -0.508 e. The van der Waals surface area contributed by atoms with E-state index in [1.165, 1.54) is 12.1 Å². The Morgan fingerprint density at radius 1 is 1.11 bits per heavy atom. The normalized spacial score (nSPS) is 22.7. The van der Waals surface area contributed by atoms with Gasteiger partial charge in [0.1, 0.15) is 11.6 Å². The van der Waals surface area contributed by atoms with Gasteiger partial charge in [-0.1, -0.05) is 18.2 Å². The Morgan fingerprint density at radius 2 is 1.89 bits per heavy atom. The zero-order valence-electron chi connectivity index (χ0n) is 15.6. The topological polar surface area (TPSA) is 43.8 Å². The number of phenolic OH excluding ortho intramolecular Hbond substituents is 1. The molecule has 0 radical (unpaired) electrons. The van der Waals surface area contributed by atoms with Gasteiger partial charge in [-0.15, -0.1) is 0 Å². The van der Waals surface area contributed by atoms with Crippen LogP contribution >= 0.6 is 0 Å². The van der Waals surface area contributed by atoms with Crippen LogP contribution in [-0.2, 0) is 6.54 Å². The highest BCUT2D eigenvalue weighted by Gasteiger charge is 2.37. The number of aryl methyl sites for hydroxylation is 1. The molecule has 0 saturated carbocycles. The molecule has 2 atom stereocenters. The van der Waals surface area contributed by atoms with E-state index >= 15 is 0 Å². The average Bonchev–Trinajstić information content (AvgIpc) is 2.96. The summed E-state index contributed by atoms with van der Waals surface area (Å²) in [7, 11) is 0. The van der Waals surface area contributed by atoms with Crippen LogP contribution in [0.25, 0.3) is 0 Å². The lowest BCUT2D eigenvalue weighted by Gasteiger charge is -2.36. The molecule has 142 valence electrons. The Morgan fingerprint density at radius 3 is 2.63 bits per heavy atom. The molecule has 3 heterocycles. The number of halogens is 1. The largest absolute Gasteiger partial charge is 0.508 e. The van der Waals surface area contributed by atoms with Crippen LogP contribution in [0.5, 0.6) is 5.75 Å². The molecular formula is C22H25FN2O2. The summed E-state index contributed by atoms with van der Waals surface area (Å²) in [5.74, 6) is 0.405. The van der Waals surface area contributed by atoms with Gasteiger partial charge in [-0.2, -0.15) is 0 Å². The standard InChI is InChI=1S/C22H25FN2O2/c1-15-2-6-18(10-21(15)26)22(27)25-13-17-5-9-20(25)14-24(12-17)11-16-3-7-19(23)8-4-16/h2-4,6-8,10,17,20,26H,5,9,11-14H2,1H3/t17-,20+/m0/s1. The van der Waals surface area contributed by atoms with Crippen molar-refractivity contribution in [2.24, 2.45) is 5.92 Å². The van der Waals surface area contributed by atoms with Gasteiger partial charge in [0.2, 0.25) is 0 Å². The van der Waals surface area contributed by atoms with Gasteiger partial charge in [-0.05, 0) is 61.1 Å². The third kappa shape index (κ3) is 3.83. The number of hydrogen-bond acceptors (Lipinski definition) is 3. The highest BCUT2D eigenvalue weighted by molar-refractivity contribution is 5.95. The van der Waals surface area contributed by atoms with Crippen molar-refractivity contribution >= 4 is 5.91 Å². The van der Waals surface area contributed by atoms with Crippen LogP contribution in [0.4, 0.5) is 4.39 Å². The summed E-state index contributed by atoms with van der Waals surface area (Å²) in [5.41, 5.74) is 2.42. The van der Waals surface area contributed by atoms with Crippen LogP contribution in [0.1, 0.15) is 34.3 Å². The quantitative estimate of drug-likeness (QED) is 0.901. The van der Waals surface area contributed by atoms with Gasteiger partial charge in [0.15, 0.2) is 0 Å². The molecule has 27 heavy (non-hydrogen) atoms. The molecule has 0 unspecified atom stereocenters. The van der Waals surface area contributed by atoms with Crippen molar-refractivity contribution < 1.29 is 14.3 Å². The molecule has 2 aromatic carbocycles. The van der Waals surface area contributed by atoms with Gasteiger partial charge in [0.05, 0.1) is 0 Å². The summed E-state index contributed by atoms with van der Waals surface area (Å²) in [5, 5.41) is 9.95. The number of carbonyl (C=O) groups excluding carboxylic acids is 1. The van der Waals surface area contributed by atoms with Crippen molar-refractivity contribution in [1.29, 1.82) is 0 Å². The zero-order valence-corrected chi connectivity index (χ0v) is 15.6. The predicted octanol–water partition coefficient (Wildman–Crippen LogP) is 3.58. The number of piperidine rings is 1. The number of fused-ring (bicyclic) bond motifs is 4. The highest BCUT2D eigenvalue weighted by atomic mass is 19.1. The van der Waals surface area contributed by atoms with Crippen molar-refractivity contribution in [2.75, 3.05) is 19.6 Å². The second-order valence-corrected chi connectivity index (χ2v) is 7.88. The Bertz CT molecular complexity index is 837. The van der Waals surface area contributed by atoms with Crippen molar-refractivity contribution in [3.05, 3.63) is 65.0 Å². The molecule has 3 aliphatic heterocycles. The monoisotopic (exact) mass is 368 g/mol. The molecule has 3 aliphatic rings. The van der Waals surface area contributed by atoms with Crippen molar-refractivity contribution in [2.45, 2.75) is 32.4 Å². The lowest BCUT2D eigenvalue weighted by atomic mass is 9.94. The van der Waals surface area contributed by atoms with E-state index in [4.69, 9.17) is 0 Å². The number of benzene rings is 2. The van der Waals surface area contributed by atoms with E-state index < -0.39 is 0 Å². The third-order valence-corrected chi connectivity index (χ3v) is 5.83. The Hall–Kier alpha value is -2.40. The number of carbonyl (C=O) groups is 1. The van der Waals surface area contributed by atoms with Crippen molar-refractivity contribution in [3.8, 4) is 5.75 Å². The Labute approximate surface area is 159 Å². The first-order valence-corrected chi connectivity index (χ1v) is 9.57.